The van der Waals surface area contributed by atoms with E-state index in [1.807, 2.05) is 0 Å². The summed E-state index contributed by atoms with van der Waals surface area (Å²) in [5.41, 5.74) is 1.18. The molecule has 2 aromatic carbocycles. The number of hydrogen-bond acceptors (Lipinski definition) is 3. The molecule has 0 saturated carbocycles. The maximum absolute atomic E-state index is 12.3. The van der Waals surface area contributed by atoms with Gasteiger partial charge in [-0.25, -0.2) is 0 Å². The van der Waals surface area contributed by atoms with E-state index in [9.17, 15) is 9.90 Å². The van der Waals surface area contributed by atoms with Crippen molar-refractivity contribution in [2.45, 2.75) is 0 Å². The van der Waals surface area contributed by atoms with E-state index in [0.29, 0.717) is 5.69 Å². The summed E-state index contributed by atoms with van der Waals surface area (Å²) in [5.74, 6) is -1.03. The van der Waals surface area contributed by atoms with Crippen molar-refractivity contribution >= 4 is 57.3 Å². The predicted molar refractivity (Wildman–Crippen MR) is 87.2 cm³/mol. The van der Waals surface area contributed by atoms with Crippen LogP contribution in [0.15, 0.2) is 30.5 Å². The van der Waals surface area contributed by atoms with Crippen LogP contribution >= 0.6 is 34.8 Å². The number of nitrogens with zero attached hydrogens (tertiary/aromatic N) is 1. The lowest BCUT2D eigenvalue weighted by Gasteiger charge is -2.11. The molecule has 0 spiro atoms. The molecule has 0 aliphatic rings. The number of halogens is 3. The number of phenols is 1. The maximum Gasteiger partial charge on any atom is 0.261 e. The average molecular weight is 357 g/mol. The standard InChI is InChI=1S/C14H8Cl3N3O2/c15-8-4-9(16)13(21)11(12(8)17)14(22)19-7-1-2-10-6(3-7)5-18-20-10/h1-5,21H,(H,18,20)(H,19,22). The van der Waals surface area contributed by atoms with Gasteiger partial charge in [-0.1, -0.05) is 34.8 Å². The van der Waals surface area contributed by atoms with E-state index >= 15 is 0 Å². The number of aromatic amines is 1. The van der Waals surface area contributed by atoms with E-state index in [4.69, 9.17) is 34.8 Å². The van der Waals surface area contributed by atoms with Crippen molar-refractivity contribution in [3.8, 4) is 5.75 Å². The molecule has 0 saturated heterocycles. The number of H-pyrrole nitrogens is 1. The number of aromatic hydroxyl groups is 1. The van der Waals surface area contributed by atoms with Gasteiger partial charge in [0.2, 0.25) is 0 Å². The first-order chi connectivity index (χ1) is 10.5. The van der Waals surface area contributed by atoms with Gasteiger partial charge in [0.05, 0.1) is 26.8 Å². The van der Waals surface area contributed by atoms with Crippen LogP contribution in [-0.2, 0) is 0 Å². The summed E-state index contributed by atoms with van der Waals surface area (Å²) in [4.78, 5) is 12.3. The summed E-state index contributed by atoms with van der Waals surface area (Å²) in [6.45, 7) is 0. The Morgan fingerprint density at radius 2 is 1.95 bits per heavy atom. The van der Waals surface area contributed by atoms with Gasteiger partial charge in [0, 0.05) is 11.1 Å². The molecule has 3 rings (SSSR count). The second kappa shape index (κ2) is 5.68. The van der Waals surface area contributed by atoms with Crippen molar-refractivity contribution in [1.29, 1.82) is 0 Å². The van der Waals surface area contributed by atoms with Crippen LogP contribution in [0.3, 0.4) is 0 Å². The lowest BCUT2D eigenvalue weighted by Crippen LogP contribution is -2.13. The summed E-state index contributed by atoms with van der Waals surface area (Å²) < 4.78 is 0. The fourth-order valence-corrected chi connectivity index (χ4v) is 2.70. The summed E-state index contributed by atoms with van der Waals surface area (Å²) in [7, 11) is 0. The zero-order valence-corrected chi connectivity index (χ0v) is 13.1. The molecule has 0 unspecified atom stereocenters. The van der Waals surface area contributed by atoms with Crippen LogP contribution in [0, 0.1) is 0 Å². The van der Waals surface area contributed by atoms with E-state index < -0.39 is 11.7 Å². The second-order valence-corrected chi connectivity index (χ2v) is 5.70. The molecule has 3 N–H and O–H groups in total. The third-order valence-electron chi connectivity index (χ3n) is 3.07. The number of rotatable bonds is 2. The molecule has 8 heteroatoms. The highest BCUT2D eigenvalue weighted by molar-refractivity contribution is 6.46. The van der Waals surface area contributed by atoms with Gasteiger partial charge >= 0.3 is 0 Å². The van der Waals surface area contributed by atoms with Crippen LogP contribution in [-0.4, -0.2) is 21.2 Å². The molecule has 3 aromatic rings. The number of fused-ring (bicyclic) bond motifs is 1. The number of aromatic nitrogens is 2. The average Bonchev–Trinajstić information content (AvgIpc) is 2.93. The number of carbonyl (C=O) groups is 1. The van der Waals surface area contributed by atoms with Gasteiger partial charge < -0.3 is 10.4 Å². The molecule has 5 nitrogen and oxygen atoms in total. The quantitative estimate of drug-likeness (QED) is 0.592. The highest BCUT2D eigenvalue weighted by Crippen LogP contribution is 2.38. The van der Waals surface area contributed by atoms with Crippen LogP contribution in [0.25, 0.3) is 10.9 Å². The van der Waals surface area contributed by atoms with Crippen molar-refractivity contribution in [2.24, 2.45) is 0 Å². The monoisotopic (exact) mass is 355 g/mol. The minimum atomic E-state index is -0.616. The summed E-state index contributed by atoms with van der Waals surface area (Å²) >= 11 is 17.7. The van der Waals surface area contributed by atoms with Gasteiger partial charge in [-0.05, 0) is 24.3 Å². The van der Waals surface area contributed by atoms with Crippen molar-refractivity contribution < 1.29 is 9.90 Å². The first-order valence-electron chi connectivity index (χ1n) is 6.08. The molecule has 1 aromatic heterocycles. The van der Waals surface area contributed by atoms with E-state index in [1.54, 1.807) is 24.4 Å². The minimum Gasteiger partial charge on any atom is -0.505 e. The van der Waals surface area contributed by atoms with Crippen molar-refractivity contribution in [3.63, 3.8) is 0 Å². The number of benzene rings is 2. The Morgan fingerprint density at radius 1 is 1.18 bits per heavy atom. The molecule has 1 heterocycles. The van der Waals surface area contributed by atoms with E-state index in [-0.39, 0.29) is 20.6 Å². The van der Waals surface area contributed by atoms with Gasteiger partial charge in [-0.15, -0.1) is 0 Å². The zero-order valence-electron chi connectivity index (χ0n) is 10.8. The Labute approximate surface area is 139 Å². The van der Waals surface area contributed by atoms with Crippen LogP contribution < -0.4 is 5.32 Å². The predicted octanol–water partition coefficient (Wildman–Crippen LogP) is 4.48. The Kier molecular flexibility index (Phi) is 3.87. The van der Waals surface area contributed by atoms with Crippen molar-refractivity contribution in [3.05, 3.63) is 51.1 Å². The molecule has 22 heavy (non-hydrogen) atoms. The molecule has 0 radical (unpaired) electrons. The fraction of sp³-hybridized carbons (Fsp3) is 0. The number of anilines is 1. The normalized spacial score (nSPS) is 10.9. The Hall–Kier alpha value is -1.95. The lowest BCUT2D eigenvalue weighted by atomic mass is 10.1. The second-order valence-electron chi connectivity index (χ2n) is 4.50. The van der Waals surface area contributed by atoms with Gasteiger partial charge in [0.25, 0.3) is 5.91 Å². The summed E-state index contributed by atoms with van der Waals surface area (Å²) in [6, 6.07) is 6.46. The van der Waals surface area contributed by atoms with Crippen LogP contribution in [0.5, 0.6) is 5.75 Å². The highest BCUT2D eigenvalue weighted by Gasteiger charge is 2.21. The third-order valence-corrected chi connectivity index (χ3v) is 4.15. The Morgan fingerprint density at radius 3 is 2.73 bits per heavy atom. The topological polar surface area (TPSA) is 78.0 Å². The number of hydrogen-bond donors (Lipinski definition) is 3. The SMILES string of the molecule is O=C(Nc1ccc2[nH]ncc2c1)c1c(O)c(Cl)cc(Cl)c1Cl. The first-order valence-corrected chi connectivity index (χ1v) is 7.21. The van der Waals surface area contributed by atoms with E-state index in [2.05, 4.69) is 15.5 Å². The minimum absolute atomic E-state index is 0.0511. The zero-order chi connectivity index (χ0) is 15.9. The van der Waals surface area contributed by atoms with Crippen LogP contribution in [0.2, 0.25) is 15.1 Å². The van der Waals surface area contributed by atoms with Crippen molar-refractivity contribution in [1.82, 2.24) is 10.2 Å². The Balaban J connectivity index is 1.98. The molecule has 0 aliphatic carbocycles. The van der Waals surface area contributed by atoms with Gasteiger partial charge in [-0.3, -0.25) is 9.89 Å². The number of phenolic OH excluding ortho intramolecular Hbond substituents is 1. The summed E-state index contributed by atoms with van der Waals surface area (Å²) in [5, 5.41) is 20.1. The van der Waals surface area contributed by atoms with Gasteiger partial charge in [0.15, 0.2) is 0 Å². The largest absolute Gasteiger partial charge is 0.505 e. The third kappa shape index (κ3) is 2.59. The summed E-state index contributed by atoms with van der Waals surface area (Å²) in [6.07, 6.45) is 1.63. The maximum atomic E-state index is 12.3. The fourth-order valence-electron chi connectivity index (χ4n) is 2.01. The molecular formula is C14H8Cl3N3O2. The molecular weight excluding hydrogens is 349 g/mol. The molecule has 0 atom stereocenters. The van der Waals surface area contributed by atoms with E-state index in [1.165, 1.54) is 6.07 Å². The molecule has 0 aliphatic heterocycles. The van der Waals surface area contributed by atoms with Gasteiger partial charge in [-0.2, -0.15) is 5.10 Å². The highest BCUT2D eigenvalue weighted by atomic mass is 35.5. The van der Waals surface area contributed by atoms with Crippen LogP contribution in [0.4, 0.5) is 5.69 Å². The molecule has 112 valence electrons. The number of amides is 1. The first kappa shape index (κ1) is 15.0. The van der Waals surface area contributed by atoms with E-state index in [0.717, 1.165) is 10.9 Å². The molecule has 1 amide bonds. The molecule has 0 fully saturated rings. The Bertz CT molecular complexity index is 866. The molecule has 0 bridgehead atoms. The number of nitrogens with one attached hydrogen (secondary N) is 2. The smallest absolute Gasteiger partial charge is 0.261 e. The van der Waals surface area contributed by atoms with Crippen molar-refractivity contribution in [2.75, 3.05) is 5.32 Å². The lowest BCUT2D eigenvalue weighted by molar-refractivity contribution is 0.102. The van der Waals surface area contributed by atoms with Crippen LogP contribution in [0.1, 0.15) is 10.4 Å². The number of carbonyl (C=O) groups excluding carboxylic acids is 1. The van der Waals surface area contributed by atoms with Gasteiger partial charge in [0.1, 0.15) is 11.3 Å².